The molecule has 0 aliphatic carbocycles. The highest BCUT2D eigenvalue weighted by Gasteiger charge is 2.28. The zero-order chi connectivity index (χ0) is 13.4. The summed E-state index contributed by atoms with van der Waals surface area (Å²) in [6.45, 7) is 7.55. The van der Waals surface area contributed by atoms with Gasteiger partial charge in [-0.2, -0.15) is 0 Å². The van der Waals surface area contributed by atoms with Crippen LogP contribution in [0.15, 0.2) is 12.6 Å². The van der Waals surface area contributed by atoms with E-state index in [1.807, 2.05) is 0 Å². The van der Waals surface area contributed by atoms with E-state index in [2.05, 4.69) is 17.5 Å². The highest BCUT2D eigenvalue weighted by Crippen LogP contribution is 2.42. The van der Waals surface area contributed by atoms with E-state index in [-0.39, 0.29) is 5.97 Å². The van der Waals surface area contributed by atoms with Gasteiger partial charge in [0.2, 0.25) is 0 Å². The molecule has 0 unspecified atom stereocenters. The van der Waals surface area contributed by atoms with E-state index in [4.69, 9.17) is 4.74 Å². The summed E-state index contributed by atoms with van der Waals surface area (Å²) >= 11 is 0. The molecule has 19 heavy (non-hydrogen) atoms. The van der Waals surface area contributed by atoms with E-state index in [9.17, 15) is 4.79 Å². The van der Waals surface area contributed by atoms with Gasteiger partial charge in [0.05, 0.1) is 0 Å². The summed E-state index contributed by atoms with van der Waals surface area (Å²) in [6, 6.07) is 2.14. The fraction of sp³-hybridized carbons (Fsp3) is 0.438. The van der Waals surface area contributed by atoms with Crippen molar-refractivity contribution in [3.8, 4) is 5.75 Å². The minimum atomic E-state index is -0.257. The summed E-state index contributed by atoms with van der Waals surface area (Å²) < 4.78 is 5.47. The Hall–Kier alpha value is -1.77. The summed E-state index contributed by atoms with van der Waals surface area (Å²) in [6.07, 6.45) is 6.23. The van der Waals surface area contributed by atoms with E-state index in [0.717, 1.165) is 43.7 Å². The first-order chi connectivity index (χ1) is 9.20. The summed E-state index contributed by atoms with van der Waals surface area (Å²) in [5, 5.41) is 0. The van der Waals surface area contributed by atoms with Crippen LogP contribution in [0.1, 0.15) is 36.5 Å². The zero-order valence-electron chi connectivity index (χ0n) is 11.4. The number of anilines is 1. The number of aryl methyl sites for hydroxylation is 1. The summed E-state index contributed by atoms with van der Waals surface area (Å²) in [4.78, 5) is 13.8. The molecule has 0 saturated heterocycles. The number of ether oxygens (including phenoxy) is 1. The molecule has 2 heterocycles. The number of esters is 1. The van der Waals surface area contributed by atoms with Gasteiger partial charge in [0, 0.05) is 36.8 Å². The van der Waals surface area contributed by atoms with Crippen molar-refractivity contribution >= 4 is 17.7 Å². The van der Waals surface area contributed by atoms with Gasteiger partial charge >= 0.3 is 5.97 Å². The fourth-order valence-electron chi connectivity index (χ4n) is 3.27. The van der Waals surface area contributed by atoms with Gasteiger partial charge < -0.3 is 9.64 Å². The van der Waals surface area contributed by atoms with Crippen molar-refractivity contribution in [2.45, 2.75) is 32.6 Å². The summed E-state index contributed by atoms with van der Waals surface area (Å²) in [5.74, 6) is 0.472. The first-order valence-corrected chi connectivity index (χ1v) is 6.95. The Bertz CT molecular complexity index is 546. The lowest BCUT2D eigenvalue weighted by Gasteiger charge is -2.38. The first kappa shape index (κ1) is 12.3. The van der Waals surface area contributed by atoms with Crippen LogP contribution in [0.3, 0.4) is 0 Å². The van der Waals surface area contributed by atoms with E-state index in [0.29, 0.717) is 0 Å². The quantitative estimate of drug-likeness (QED) is 0.602. The second kappa shape index (κ2) is 4.72. The molecule has 1 aromatic carbocycles. The minimum Gasteiger partial charge on any atom is -0.426 e. The minimum absolute atomic E-state index is 0.257. The van der Waals surface area contributed by atoms with E-state index >= 15 is 0 Å². The van der Waals surface area contributed by atoms with Gasteiger partial charge in [-0.05, 0) is 37.3 Å². The number of benzene rings is 1. The molecule has 0 radical (unpaired) electrons. The van der Waals surface area contributed by atoms with Gasteiger partial charge in [0.1, 0.15) is 5.75 Å². The number of rotatable bonds is 2. The maximum absolute atomic E-state index is 11.3. The predicted molar refractivity (Wildman–Crippen MR) is 76.7 cm³/mol. The second-order valence-electron chi connectivity index (χ2n) is 5.27. The van der Waals surface area contributed by atoms with Crippen molar-refractivity contribution in [3.05, 3.63) is 29.3 Å². The van der Waals surface area contributed by atoms with Gasteiger partial charge in [0.25, 0.3) is 0 Å². The van der Waals surface area contributed by atoms with Crippen LogP contribution in [0.4, 0.5) is 5.69 Å². The molecule has 3 heteroatoms. The normalized spacial score (nSPS) is 16.8. The molecule has 3 rings (SSSR count). The van der Waals surface area contributed by atoms with Crippen LogP contribution in [0, 0.1) is 0 Å². The zero-order valence-corrected chi connectivity index (χ0v) is 11.4. The average Bonchev–Trinajstić information content (AvgIpc) is 2.41. The average molecular weight is 257 g/mol. The molecule has 0 spiro atoms. The molecule has 0 amide bonds. The number of hydrogen-bond acceptors (Lipinski definition) is 3. The van der Waals surface area contributed by atoms with Gasteiger partial charge in [0.15, 0.2) is 0 Å². The molecule has 0 N–H and O–H groups in total. The topological polar surface area (TPSA) is 29.5 Å². The molecular formula is C16H19NO2. The molecule has 1 aromatic rings. The Labute approximate surface area is 113 Å². The van der Waals surface area contributed by atoms with Crippen LogP contribution in [0.25, 0.3) is 6.08 Å². The largest absolute Gasteiger partial charge is 0.426 e. The van der Waals surface area contributed by atoms with E-state index in [1.54, 1.807) is 6.08 Å². The Morgan fingerprint density at radius 2 is 2.11 bits per heavy atom. The van der Waals surface area contributed by atoms with Crippen molar-refractivity contribution in [2.24, 2.45) is 0 Å². The maximum Gasteiger partial charge on any atom is 0.308 e. The van der Waals surface area contributed by atoms with Crippen LogP contribution >= 0.6 is 0 Å². The molecule has 2 aliphatic heterocycles. The summed E-state index contributed by atoms with van der Waals surface area (Å²) in [5.41, 5.74) is 4.85. The molecule has 100 valence electrons. The van der Waals surface area contributed by atoms with Crippen molar-refractivity contribution in [2.75, 3.05) is 18.0 Å². The lowest BCUT2D eigenvalue weighted by molar-refractivity contribution is -0.131. The SMILES string of the molecule is C=Cc1cc2c3c(c1OC(C)=O)CCCN3CCC2. The van der Waals surface area contributed by atoms with E-state index in [1.165, 1.54) is 30.2 Å². The first-order valence-electron chi connectivity index (χ1n) is 6.95. The molecule has 0 saturated carbocycles. The third kappa shape index (κ3) is 2.03. The predicted octanol–water partition coefficient (Wildman–Crippen LogP) is 2.95. The smallest absolute Gasteiger partial charge is 0.308 e. The molecule has 0 aromatic heterocycles. The van der Waals surface area contributed by atoms with Crippen LogP contribution in [0.2, 0.25) is 0 Å². The number of carbonyl (C=O) groups is 1. The Morgan fingerprint density at radius 1 is 1.37 bits per heavy atom. The third-order valence-electron chi connectivity index (χ3n) is 3.97. The Balaban J connectivity index is 2.20. The van der Waals surface area contributed by atoms with Crippen LogP contribution < -0.4 is 9.64 Å². The van der Waals surface area contributed by atoms with Crippen LogP contribution in [-0.2, 0) is 17.6 Å². The number of hydrogen-bond donors (Lipinski definition) is 0. The highest BCUT2D eigenvalue weighted by molar-refractivity contribution is 5.78. The van der Waals surface area contributed by atoms with Crippen molar-refractivity contribution < 1.29 is 9.53 Å². The maximum atomic E-state index is 11.3. The number of carbonyl (C=O) groups excluding carboxylic acids is 1. The fourth-order valence-corrected chi connectivity index (χ4v) is 3.27. The lowest BCUT2D eigenvalue weighted by atomic mass is 9.89. The number of nitrogens with zero attached hydrogens (tertiary/aromatic N) is 1. The molecule has 0 bridgehead atoms. The van der Waals surface area contributed by atoms with Gasteiger partial charge in [-0.3, -0.25) is 4.79 Å². The summed E-state index contributed by atoms with van der Waals surface area (Å²) in [7, 11) is 0. The van der Waals surface area contributed by atoms with Crippen LogP contribution in [-0.4, -0.2) is 19.1 Å². The highest BCUT2D eigenvalue weighted by atomic mass is 16.5. The van der Waals surface area contributed by atoms with Gasteiger partial charge in [-0.15, -0.1) is 0 Å². The monoisotopic (exact) mass is 257 g/mol. The van der Waals surface area contributed by atoms with Gasteiger partial charge in [-0.1, -0.05) is 12.7 Å². The molecule has 0 atom stereocenters. The lowest BCUT2D eigenvalue weighted by Crippen LogP contribution is -2.35. The van der Waals surface area contributed by atoms with Gasteiger partial charge in [-0.25, -0.2) is 0 Å². The van der Waals surface area contributed by atoms with Crippen molar-refractivity contribution in [1.82, 2.24) is 0 Å². The molecule has 2 aliphatic rings. The van der Waals surface area contributed by atoms with Crippen molar-refractivity contribution in [1.29, 1.82) is 0 Å². The Kier molecular flexibility index (Phi) is 3.05. The third-order valence-corrected chi connectivity index (χ3v) is 3.97. The molecular weight excluding hydrogens is 238 g/mol. The van der Waals surface area contributed by atoms with E-state index < -0.39 is 0 Å². The van der Waals surface area contributed by atoms with Crippen molar-refractivity contribution in [3.63, 3.8) is 0 Å². The van der Waals surface area contributed by atoms with Crippen LogP contribution in [0.5, 0.6) is 5.75 Å². The molecule has 3 nitrogen and oxygen atoms in total. The standard InChI is InChI=1S/C16H19NO2/c1-3-12-10-13-6-4-8-17-9-5-7-14(15(13)17)16(12)19-11(2)18/h3,10H,1,4-9H2,2H3. The molecule has 0 fully saturated rings. The Morgan fingerprint density at radius 3 is 2.79 bits per heavy atom. The second-order valence-corrected chi connectivity index (χ2v) is 5.27.